The summed E-state index contributed by atoms with van der Waals surface area (Å²) >= 11 is 0. The van der Waals surface area contributed by atoms with Crippen molar-refractivity contribution >= 4 is 11.6 Å². The third-order valence-corrected chi connectivity index (χ3v) is 5.30. The fourth-order valence-electron chi connectivity index (χ4n) is 3.89. The molecule has 1 atom stereocenters. The van der Waals surface area contributed by atoms with Gasteiger partial charge >= 0.3 is 0 Å². The summed E-state index contributed by atoms with van der Waals surface area (Å²) in [6.07, 6.45) is 0. The Morgan fingerprint density at radius 3 is 2.44 bits per heavy atom. The van der Waals surface area contributed by atoms with Crippen molar-refractivity contribution in [3.8, 4) is 11.1 Å². The number of hydrogen-bond donors (Lipinski definition) is 0. The summed E-state index contributed by atoms with van der Waals surface area (Å²) in [4.78, 5) is 14.9. The number of aromatic nitrogens is 1. The maximum absolute atomic E-state index is 13.1. The van der Waals surface area contributed by atoms with E-state index in [1.165, 1.54) is 0 Å². The second kappa shape index (κ2) is 5.31. The van der Waals surface area contributed by atoms with Gasteiger partial charge in [-0.2, -0.15) is 0 Å². The molecule has 1 amide bonds. The van der Waals surface area contributed by atoms with Crippen LogP contribution >= 0.6 is 0 Å². The number of aryl methyl sites for hydroxylation is 2. The monoisotopic (exact) mass is 332 g/mol. The zero-order valence-electron chi connectivity index (χ0n) is 14.8. The van der Waals surface area contributed by atoms with E-state index in [1.54, 1.807) is 4.90 Å². The van der Waals surface area contributed by atoms with Crippen LogP contribution in [0.2, 0.25) is 0 Å². The Kier molecular flexibility index (Phi) is 3.32. The van der Waals surface area contributed by atoms with E-state index < -0.39 is 5.41 Å². The van der Waals surface area contributed by atoms with E-state index in [9.17, 15) is 4.79 Å². The van der Waals surface area contributed by atoms with Gasteiger partial charge in [-0.1, -0.05) is 41.6 Å². The number of carbonyl (C=O) groups is 1. The lowest BCUT2D eigenvalue weighted by Gasteiger charge is -2.24. The summed E-state index contributed by atoms with van der Waals surface area (Å²) in [6, 6.07) is 16.1. The topological polar surface area (TPSA) is 46.3 Å². The predicted molar refractivity (Wildman–Crippen MR) is 97.7 cm³/mol. The zero-order valence-corrected chi connectivity index (χ0v) is 14.8. The molecule has 4 nitrogen and oxygen atoms in total. The number of hydrogen-bond acceptors (Lipinski definition) is 3. The first-order valence-corrected chi connectivity index (χ1v) is 8.36. The molecule has 4 rings (SSSR count). The molecule has 0 saturated heterocycles. The second-order valence-electron chi connectivity index (χ2n) is 6.79. The number of benzene rings is 2. The Bertz CT molecular complexity index is 955. The highest BCUT2D eigenvalue weighted by atomic mass is 16.5. The van der Waals surface area contributed by atoms with Crippen LogP contribution < -0.4 is 4.90 Å². The zero-order chi connectivity index (χ0) is 17.8. The van der Waals surface area contributed by atoms with Gasteiger partial charge in [0.15, 0.2) is 0 Å². The average Bonchev–Trinajstić information content (AvgIpc) is 3.06. The quantitative estimate of drug-likeness (QED) is 0.705. The van der Waals surface area contributed by atoms with E-state index in [0.717, 1.165) is 39.4 Å². The molecule has 0 aliphatic carbocycles. The smallest absolute Gasteiger partial charge is 0.241 e. The van der Waals surface area contributed by atoms with Crippen molar-refractivity contribution in [3.63, 3.8) is 0 Å². The minimum absolute atomic E-state index is 0.0876. The van der Waals surface area contributed by atoms with Crippen LogP contribution in [0, 0.1) is 13.8 Å². The standard InChI is InChI=1S/C21H20N2O2/c1-13-19(14(2)25-22-13)15-10-11-18-17(12-15)21(3,20(24)23(18)4)16-8-6-5-7-9-16/h5-12H,1-4H3. The third kappa shape index (κ3) is 2.07. The van der Waals surface area contributed by atoms with Crippen molar-refractivity contribution in [2.24, 2.45) is 0 Å². The van der Waals surface area contributed by atoms with Crippen LogP contribution in [0.5, 0.6) is 0 Å². The molecular formula is C21H20N2O2. The minimum atomic E-state index is -0.694. The van der Waals surface area contributed by atoms with Crippen molar-refractivity contribution in [2.75, 3.05) is 11.9 Å². The lowest BCUT2D eigenvalue weighted by molar-refractivity contribution is -0.121. The molecule has 3 aromatic rings. The van der Waals surface area contributed by atoms with Crippen molar-refractivity contribution < 1.29 is 9.32 Å². The second-order valence-corrected chi connectivity index (χ2v) is 6.79. The molecule has 4 heteroatoms. The SMILES string of the molecule is Cc1noc(C)c1-c1ccc2c(c1)C(C)(c1ccccc1)C(=O)N2C. The molecule has 0 bridgehead atoms. The van der Waals surface area contributed by atoms with E-state index in [-0.39, 0.29) is 5.91 Å². The number of carbonyl (C=O) groups excluding carboxylic acids is 1. The van der Waals surface area contributed by atoms with Crippen molar-refractivity contribution in [1.29, 1.82) is 0 Å². The minimum Gasteiger partial charge on any atom is -0.361 e. The van der Waals surface area contributed by atoms with Crippen molar-refractivity contribution in [3.05, 3.63) is 71.1 Å². The Hall–Kier alpha value is -2.88. The Balaban J connectivity index is 1.96. The third-order valence-electron chi connectivity index (χ3n) is 5.30. The highest BCUT2D eigenvalue weighted by molar-refractivity contribution is 6.10. The van der Waals surface area contributed by atoms with Gasteiger partial charge in [-0.25, -0.2) is 0 Å². The molecule has 0 N–H and O–H groups in total. The van der Waals surface area contributed by atoms with E-state index in [0.29, 0.717) is 0 Å². The number of likely N-dealkylation sites (N-methyl/N-ethyl adjacent to an activating group) is 1. The number of fused-ring (bicyclic) bond motifs is 1. The first kappa shape index (κ1) is 15.6. The molecule has 0 spiro atoms. The molecule has 1 unspecified atom stereocenters. The molecular weight excluding hydrogens is 312 g/mol. The molecule has 1 aromatic heterocycles. The van der Waals surface area contributed by atoms with Gasteiger partial charge in [0.2, 0.25) is 5.91 Å². The summed E-state index contributed by atoms with van der Waals surface area (Å²) in [5.74, 6) is 0.876. The van der Waals surface area contributed by atoms with Gasteiger partial charge in [-0.05, 0) is 49.6 Å². The summed E-state index contributed by atoms with van der Waals surface area (Å²) in [6.45, 7) is 5.85. The molecule has 0 fully saturated rings. The molecule has 0 saturated carbocycles. The van der Waals surface area contributed by atoms with Crippen LogP contribution in [0.15, 0.2) is 53.1 Å². The lowest BCUT2D eigenvalue weighted by atomic mass is 9.76. The molecule has 1 aliphatic rings. The first-order valence-electron chi connectivity index (χ1n) is 8.36. The van der Waals surface area contributed by atoms with E-state index in [4.69, 9.17) is 4.52 Å². The number of amides is 1. The van der Waals surface area contributed by atoms with Crippen LogP contribution in [-0.4, -0.2) is 18.1 Å². The molecule has 2 aromatic carbocycles. The fourth-order valence-corrected chi connectivity index (χ4v) is 3.89. The van der Waals surface area contributed by atoms with Gasteiger partial charge in [0.05, 0.1) is 11.1 Å². The molecule has 0 radical (unpaired) electrons. The highest BCUT2D eigenvalue weighted by Gasteiger charge is 2.47. The summed E-state index contributed by atoms with van der Waals surface area (Å²) < 4.78 is 5.32. The van der Waals surface area contributed by atoms with Crippen LogP contribution in [0.4, 0.5) is 5.69 Å². The number of rotatable bonds is 2. The predicted octanol–water partition coefficient (Wildman–Crippen LogP) is 4.24. The van der Waals surface area contributed by atoms with Gasteiger partial charge < -0.3 is 9.42 Å². The van der Waals surface area contributed by atoms with E-state index >= 15 is 0 Å². The Morgan fingerprint density at radius 2 is 1.80 bits per heavy atom. The fraction of sp³-hybridized carbons (Fsp3) is 0.238. The summed E-state index contributed by atoms with van der Waals surface area (Å²) in [7, 11) is 1.84. The van der Waals surface area contributed by atoms with Crippen LogP contribution in [0.1, 0.15) is 29.5 Å². The maximum Gasteiger partial charge on any atom is 0.241 e. The number of nitrogens with zero attached hydrogens (tertiary/aromatic N) is 2. The average molecular weight is 332 g/mol. The summed E-state index contributed by atoms with van der Waals surface area (Å²) in [5, 5.41) is 4.06. The van der Waals surface area contributed by atoms with E-state index in [2.05, 4.69) is 11.2 Å². The maximum atomic E-state index is 13.1. The van der Waals surface area contributed by atoms with Gasteiger partial charge in [0.25, 0.3) is 0 Å². The molecule has 1 aliphatic heterocycles. The number of anilines is 1. The molecule has 126 valence electrons. The normalized spacial score (nSPS) is 19.4. The lowest BCUT2D eigenvalue weighted by Crippen LogP contribution is -2.36. The van der Waals surface area contributed by atoms with Gasteiger partial charge in [-0.15, -0.1) is 0 Å². The molecule has 2 heterocycles. The largest absolute Gasteiger partial charge is 0.361 e. The highest BCUT2D eigenvalue weighted by Crippen LogP contribution is 2.47. The van der Waals surface area contributed by atoms with Crippen molar-refractivity contribution in [1.82, 2.24) is 5.16 Å². The van der Waals surface area contributed by atoms with Gasteiger partial charge in [0.1, 0.15) is 5.76 Å². The van der Waals surface area contributed by atoms with Crippen LogP contribution in [-0.2, 0) is 10.2 Å². The Morgan fingerprint density at radius 1 is 1.08 bits per heavy atom. The Labute approximate surface area is 147 Å². The van der Waals surface area contributed by atoms with Crippen LogP contribution in [0.3, 0.4) is 0 Å². The van der Waals surface area contributed by atoms with E-state index in [1.807, 2.05) is 70.3 Å². The van der Waals surface area contributed by atoms with Crippen LogP contribution in [0.25, 0.3) is 11.1 Å². The van der Waals surface area contributed by atoms with Gasteiger partial charge in [0, 0.05) is 18.3 Å². The van der Waals surface area contributed by atoms with Crippen molar-refractivity contribution in [2.45, 2.75) is 26.2 Å². The first-order chi connectivity index (χ1) is 11.9. The van der Waals surface area contributed by atoms with Gasteiger partial charge in [-0.3, -0.25) is 4.79 Å². The summed E-state index contributed by atoms with van der Waals surface area (Å²) in [5.41, 5.74) is 5.16. The molecule has 25 heavy (non-hydrogen) atoms.